The van der Waals surface area contributed by atoms with Crippen LogP contribution in [0.1, 0.15) is 48.2 Å². The van der Waals surface area contributed by atoms with E-state index in [4.69, 9.17) is 5.10 Å². The Kier molecular flexibility index (Phi) is 5.41. The van der Waals surface area contributed by atoms with Gasteiger partial charge in [-0.25, -0.2) is 22.6 Å². The van der Waals surface area contributed by atoms with Gasteiger partial charge in [0, 0.05) is 37.0 Å². The van der Waals surface area contributed by atoms with Crippen LogP contribution in [-0.2, 0) is 13.0 Å². The number of hydrogen-bond donors (Lipinski definition) is 1. The lowest BCUT2D eigenvalue weighted by Gasteiger charge is -2.21. The zero-order valence-corrected chi connectivity index (χ0v) is 22.4. The molecule has 1 N–H and O–H groups in total. The van der Waals surface area contributed by atoms with E-state index in [0.717, 1.165) is 17.8 Å². The highest BCUT2D eigenvalue weighted by Crippen LogP contribution is 2.41. The van der Waals surface area contributed by atoms with Gasteiger partial charge in [0.1, 0.15) is 17.3 Å². The van der Waals surface area contributed by atoms with Crippen LogP contribution >= 0.6 is 0 Å². The first-order valence-electron chi connectivity index (χ1n) is 13.4. The topological polar surface area (TPSA) is 74.6 Å². The molecule has 8 nitrogen and oxygen atoms in total. The monoisotopic (exact) mass is 547 g/mol. The summed E-state index contributed by atoms with van der Waals surface area (Å²) in [6, 6.07) is 6.51. The molecular formula is C29H28F3N7O. The molecule has 1 fully saturated rings. The third kappa shape index (κ3) is 3.75. The van der Waals surface area contributed by atoms with Gasteiger partial charge in [-0.1, -0.05) is 0 Å². The SMILES string of the molecule is Cc1cc(-n2nc3c(c2-n2ccn(-c4ccc5c(cnn5CC5(F)CC5)c4F)c2=O)C(C)NCC3)cc(C)c1F. The van der Waals surface area contributed by atoms with Crippen LogP contribution in [0.4, 0.5) is 13.2 Å². The summed E-state index contributed by atoms with van der Waals surface area (Å²) in [7, 11) is 0. The lowest BCUT2D eigenvalue weighted by atomic mass is 10.0. The Labute approximate surface area is 227 Å². The Balaban J connectivity index is 1.38. The molecular weight excluding hydrogens is 519 g/mol. The fourth-order valence-electron chi connectivity index (χ4n) is 5.76. The van der Waals surface area contributed by atoms with Crippen molar-refractivity contribution in [1.82, 2.24) is 34.0 Å². The maximum atomic E-state index is 15.8. The first-order chi connectivity index (χ1) is 19.1. The van der Waals surface area contributed by atoms with Crippen LogP contribution in [0.5, 0.6) is 0 Å². The number of nitrogens with zero attached hydrogens (tertiary/aromatic N) is 6. The van der Waals surface area contributed by atoms with Gasteiger partial charge in [0.05, 0.1) is 40.7 Å². The highest BCUT2D eigenvalue weighted by molar-refractivity contribution is 5.82. The minimum atomic E-state index is -1.28. The van der Waals surface area contributed by atoms with E-state index in [9.17, 15) is 13.6 Å². The second-order valence-electron chi connectivity index (χ2n) is 11.0. The van der Waals surface area contributed by atoms with Gasteiger partial charge in [-0.2, -0.15) is 10.2 Å². The van der Waals surface area contributed by atoms with Crippen molar-refractivity contribution in [2.24, 2.45) is 0 Å². The van der Waals surface area contributed by atoms with Gasteiger partial charge >= 0.3 is 5.69 Å². The maximum Gasteiger partial charge on any atom is 0.338 e. The van der Waals surface area contributed by atoms with Gasteiger partial charge in [-0.05, 0) is 69.0 Å². The van der Waals surface area contributed by atoms with Crippen molar-refractivity contribution >= 4 is 10.9 Å². The van der Waals surface area contributed by atoms with E-state index < -0.39 is 17.2 Å². The fourth-order valence-corrected chi connectivity index (χ4v) is 5.76. The van der Waals surface area contributed by atoms with Gasteiger partial charge < -0.3 is 5.32 Å². The molecule has 7 rings (SSSR count). The molecule has 0 bridgehead atoms. The fraction of sp³-hybridized carbons (Fsp3) is 0.345. The summed E-state index contributed by atoms with van der Waals surface area (Å²) in [5.74, 6) is -0.368. The summed E-state index contributed by atoms with van der Waals surface area (Å²) < 4.78 is 50.5. The molecule has 0 spiro atoms. The molecule has 1 aliphatic heterocycles. The van der Waals surface area contributed by atoms with Crippen LogP contribution in [0.25, 0.3) is 28.1 Å². The van der Waals surface area contributed by atoms with E-state index >= 15 is 4.39 Å². The van der Waals surface area contributed by atoms with Crippen molar-refractivity contribution in [3.05, 3.63) is 87.4 Å². The zero-order valence-electron chi connectivity index (χ0n) is 22.4. The molecule has 1 unspecified atom stereocenters. The third-order valence-corrected chi connectivity index (χ3v) is 8.12. The van der Waals surface area contributed by atoms with E-state index in [2.05, 4.69) is 10.4 Å². The number of nitrogens with one attached hydrogen (secondary N) is 1. The van der Waals surface area contributed by atoms with Gasteiger partial charge in [0.15, 0.2) is 5.82 Å². The number of benzene rings is 2. The van der Waals surface area contributed by atoms with E-state index in [-0.39, 0.29) is 29.5 Å². The number of rotatable bonds is 5. The highest BCUT2D eigenvalue weighted by Gasteiger charge is 2.44. The van der Waals surface area contributed by atoms with E-state index in [0.29, 0.717) is 47.4 Å². The Morgan fingerprint density at radius 3 is 2.52 bits per heavy atom. The van der Waals surface area contributed by atoms with Crippen molar-refractivity contribution in [1.29, 1.82) is 0 Å². The van der Waals surface area contributed by atoms with Crippen molar-refractivity contribution in [2.45, 2.75) is 58.3 Å². The Morgan fingerprint density at radius 2 is 1.80 bits per heavy atom. The molecule has 2 aliphatic rings. The molecule has 4 heterocycles. The molecule has 1 atom stereocenters. The molecule has 40 heavy (non-hydrogen) atoms. The van der Waals surface area contributed by atoms with Crippen LogP contribution in [-0.4, -0.2) is 40.9 Å². The van der Waals surface area contributed by atoms with Crippen LogP contribution in [0.15, 0.2) is 47.7 Å². The zero-order chi connectivity index (χ0) is 27.9. The number of imidazole rings is 1. The molecule has 0 radical (unpaired) electrons. The first kappa shape index (κ1) is 24.9. The minimum absolute atomic E-state index is 0.0664. The van der Waals surface area contributed by atoms with Crippen molar-refractivity contribution in [3.63, 3.8) is 0 Å². The predicted octanol–water partition coefficient (Wildman–Crippen LogP) is 4.77. The Bertz CT molecular complexity index is 1850. The predicted molar refractivity (Wildman–Crippen MR) is 144 cm³/mol. The molecule has 1 saturated carbocycles. The van der Waals surface area contributed by atoms with E-state index in [1.807, 2.05) is 6.92 Å². The van der Waals surface area contributed by atoms with Gasteiger partial charge in [-0.3, -0.25) is 13.8 Å². The molecule has 206 valence electrons. The third-order valence-electron chi connectivity index (χ3n) is 8.12. The Morgan fingerprint density at radius 1 is 1.07 bits per heavy atom. The number of hydrogen-bond acceptors (Lipinski definition) is 4. The largest absolute Gasteiger partial charge is 0.338 e. The standard InChI is InChI=1S/C29H28F3N7O/c1-16-12-19(13-17(2)25(16)30)39-27(24-18(3)33-9-6-21(24)35-39)37-11-10-36(28(37)40)23-5-4-22-20(26(23)31)14-34-38(22)15-29(32)7-8-29/h4-5,10-14,18,33H,6-9,15H2,1-3H3. The van der Waals surface area contributed by atoms with Crippen LogP contribution < -0.4 is 11.0 Å². The maximum absolute atomic E-state index is 15.8. The lowest BCUT2D eigenvalue weighted by Crippen LogP contribution is -2.30. The molecule has 2 aromatic carbocycles. The second-order valence-corrected chi connectivity index (χ2v) is 11.0. The van der Waals surface area contributed by atoms with Crippen molar-refractivity contribution in [2.75, 3.05) is 6.54 Å². The van der Waals surface area contributed by atoms with E-state index in [1.165, 1.54) is 32.3 Å². The van der Waals surface area contributed by atoms with Crippen LogP contribution in [0.2, 0.25) is 0 Å². The average molecular weight is 548 g/mol. The molecule has 3 aromatic heterocycles. The van der Waals surface area contributed by atoms with Crippen LogP contribution in [0.3, 0.4) is 0 Å². The van der Waals surface area contributed by atoms with Crippen LogP contribution in [0, 0.1) is 25.5 Å². The average Bonchev–Trinajstić information content (AvgIpc) is 3.22. The minimum Gasteiger partial charge on any atom is -0.310 e. The summed E-state index contributed by atoms with van der Waals surface area (Å²) in [5, 5.41) is 12.7. The van der Waals surface area contributed by atoms with Gasteiger partial charge in [-0.15, -0.1) is 0 Å². The summed E-state index contributed by atoms with van der Waals surface area (Å²) in [6.07, 6.45) is 6.10. The number of aryl methyl sites for hydroxylation is 2. The number of aromatic nitrogens is 6. The highest BCUT2D eigenvalue weighted by atomic mass is 19.1. The van der Waals surface area contributed by atoms with Gasteiger partial charge in [0.25, 0.3) is 0 Å². The molecule has 0 saturated heterocycles. The summed E-state index contributed by atoms with van der Waals surface area (Å²) in [6.45, 7) is 6.21. The molecule has 11 heteroatoms. The molecule has 1 aliphatic carbocycles. The lowest BCUT2D eigenvalue weighted by molar-refractivity contribution is 0.264. The number of halogens is 3. The molecule has 0 amide bonds. The van der Waals surface area contributed by atoms with Crippen molar-refractivity contribution < 1.29 is 13.2 Å². The summed E-state index contributed by atoms with van der Waals surface area (Å²) in [5.41, 5.74) is 2.08. The second kappa shape index (κ2) is 8.69. The first-order valence-corrected chi connectivity index (χ1v) is 13.4. The number of fused-ring (bicyclic) bond motifs is 2. The smallest absolute Gasteiger partial charge is 0.310 e. The van der Waals surface area contributed by atoms with Gasteiger partial charge in [0.2, 0.25) is 0 Å². The normalized spacial score (nSPS) is 17.9. The quantitative estimate of drug-likeness (QED) is 0.344. The Hall–Kier alpha value is -4.12. The van der Waals surface area contributed by atoms with E-state index in [1.54, 1.807) is 42.9 Å². The summed E-state index contributed by atoms with van der Waals surface area (Å²) >= 11 is 0. The van der Waals surface area contributed by atoms with Crippen molar-refractivity contribution in [3.8, 4) is 17.2 Å². The molecule has 5 aromatic rings. The summed E-state index contributed by atoms with van der Waals surface area (Å²) in [4.78, 5) is 13.9. The number of alkyl halides is 1.